The van der Waals surface area contributed by atoms with E-state index in [9.17, 15) is 24.0 Å². The van der Waals surface area contributed by atoms with Crippen LogP contribution in [0.3, 0.4) is 0 Å². The van der Waals surface area contributed by atoms with Crippen molar-refractivity contribution < 1.29 is 24.0 Å². The number of unbranched alkanes of at least 4 members (excludes halogenated alkanes) is 2. The van der Waals surface area contributed by atoms with E-state index in [-0.39, 0.29) is 61.2 Å². The first-order valence-corrected chi connectivity index (χ1v) is 10.7. The Bertz CT molecular complexity index is 615. The van der Waals surface area contributed by atoms with Crippen LogP contribution in [0, 0.1) is 0 Å². The van der Waals surface area contributed by atoms with Crippen LogP contribution in [-0.4, -0.2) is 78.7 Å². The highest BCUT2D eigenvalue weighted by molar-refractivity contribution is 8.00. The molecule has 0 bridgehead atoms. The van der Waals surface area contributed by atoms with Crippen molar-refractivity contribution in [2.24, 2.45) is 5.73 Å². The van der Waals surface area contributed by atoms with Crippen molar-refractivity contribution in [1.29, 1.82) is 0 Å². The first-order chi connectivity index (χ1) is 13.8. The van der Waals surface area contributed by atoms with E-state index in [1.807, 2.05) is 0 Å². The van der Waals surface area contributed by atoms with Crippen LogP contribution in [0.1, 0.15) is 38.5 Å². The second-order valence-corrected chi connectivity index (χ2v) is 8.05. The van der Waals surface area contributed by atoms with E-state index in [0.717, 1.165) is 18.6 Å². The summed E-state index contributed by atoms with van der Waals surface area (Å²) in [6.07, 6.45) is 2.58. The molecular weight excluding hydrogens is 398 g/mol. The van der Waals surface area contributed by atoms with Crippen LogP contribution in [0.5, 0.6) is 0 Å². The standard InChI is InChI=1S/C18H31N5O5S/c1-20-15(25)10-12(17(27)21-8-7-19)22-14(24)6-4-3-5-9-29-13-11-16(26)23(2)18(13)28/h12-13H,3-11,19H2,1-2H3,(H,20,25)(H,21,27)(H,22,24)/t12-,13?/m0/s1. The van der Waals surface area contributed by atoms with Gasteiger partial charge in [0.25, 0.3) is 0 Å². The fourth-order valence-corrected chi connectivity index (χ4v) is 3.94. The molecule has 0 saturated carbocycles. The summed E-state index contributed by atoms with van der Waals surface area (Å²) in [5.41, 5.74) is 5.35. The minimum atomic E-state index is -0.938. The number of rotatable bonds is 13. The van der Waals surface area contributed by atoms with Crippen molar-refractivity contribution in [2.45, 2.75) is 49.8 Å². The number of nitrogens with one attached hydrogen (secondary N) is 3. The van der Waals surface area contributed by atoms with Crippen LogP contribution in [0.25, 0.3) is 0 Å². The van der Waals surface area contributed by atoms with Crippen LogP contribution in [0.2, 0.25) is 0 Å². The van der Waals surface area contributed by atoms with Crippen LogP contribution in [0.4, 0.5) is 0 Å². The molecule has 1 fully saturated rings. The molecule has 0 aliphatic carbocycles. The number of hydrogen-bond donors (Lipinski definition) is 4. The predicted molar refractivity (Wildman–Crippen MR) is 110 cm³/mol. The fourth-order valence-electron chi connectivity index (χ4n) is 2.72. The molecular formula is C18H31N5O5S. The second-order valence-electron chi connectivity index (χ2n) is 6.74. The van der Waals surface area contributed by atoms with E-state index in [4.69, 9.17) is 5.73 Å². The van der Waals surface area contributed by atoms with E-state index in [1.54, 1.807) is 0 Å². The normalized spacial score (nSPS) is 17.2. The molecule has 0 aromatic rings. The quantitative estimate of drug-likeness (QED) is 0.211. The molecule has 164 valence electrons. The van der Waals surface area contributed by atoms with Gasteiger partial charge in [-0.3, -0.25) is 28.9 Å². The number of imide groups is 1. The third-order valence-electron chi connectivity index (χ3n) is 4.47. The molecule has 5 N–H and O–H groups in total. The molecule has 0 radical (unpaired) electrons. The highest BCUT2D eigenvalue weighted by atomic mass is 32.2. The van der Waals surface area contributed by atoms with Gasteiger partial charge in [-0.05, 0) is 18.6 Å². The summed E-state index contributed by atoms with van der Waals surface area (Å²) in [7, 11) is 2.96. The van der Waals surface area contributed by atoms with Gasteiger partial charge in [0, 0.05) is 40.0 Å². The fraction of sp³-hybridized carbons (Fsp3) is 0.722. The Kier molecular flexibility index (Phi) is 11.3. The maximum Gasteiger partial charge on any atom is 0.243 e. The molecule has 1 aliphatic heterocycles. The first kappa shape index (κ1) is 24.9. The number of carbonyl (C=O) groups is 5. The second kappa shape index (κ2) is 13.2. The molecule has 10 nitrogen and oxygen atoms in total. The molecule has 2 atom stereocenters. The summed E-state index contributed by atoms with van der Waals surface area (Å²) in [6, 6.07) is -0.938. The summed E-state index contributed by atoms with van der Waals surface area (Å²) in [5.74, 6) is -0.640. The zero-order valence-corrected chi connectivity index (χ0v) is 17.8. The lowest BCUT2D eigenvalue weighted by Gasteiger charge is -2.17. The zero-order chi connectivity index (χ0) is 21.8. The third kappa shape index (κ3) is 8.82. The molecule has 0 aromatic carbocycles. The SMILES string of the molecule is CNC(=O)C[C@H](NC(=O)CCCCCSC1CC(=O)N(C)C1=O)C(=O)NCCN. The Hall–Kier alpha value is -2.14. The summed E-state index contributed by atoms with van der Waals surface area (Å²) in [6.45, 7) is 0.531. The number of amides is 5. The summed E-state index contributed by atoms with van der Waals surface area (Å²) in [5, 5.41) is 7.30. The highest BCUT2D eigenvalue weighted by Crippen LogP contribution is 2.25. The Labute approximate surface area is 175 Å². The molecule has 1 aliphatic rings. The highest BCUT2D eigenvalue weighted by Gasteiger charge is 2.35. The minimum absolute atomic E-state index is 0.141. The van der Waals surface area contributed by atoms with Gasteiger partial charge in [-0.2, -0.15) is 0 Å². The van der Waals surface area contributed by atoms with Crippen molar-refractivity contribution in [3.05, 3.63) is 0 Å². The maximum atomic E-state index is 12.1. The average Bonchev–Trinajstić information content (AvgIpc) is 2.94. The maximum absolute atomic E-state index is 12.1. The number of thioether (sulfide) groups is 1. The molecule has 1 heterocycles. The summed E-state index contributed by atoms with van der Waals surface area (Å²) in [4.78, 5) is 60.2. The van der Waals surface area contributed by atoms with Gasteiger partial charge in [0.05, 0.1) is 11.7 Å². The third-order valence-corrected chi connectivity index (χ3v) is 5.77. The molecule has 11 heteroatoms. The summed E-state index contributed by atoms with van der Waals surface area (Å²) >= 11 is 1.47. The van der Waals surface area contributed by atoms with Crippen LogP contribution >= 0.6 is 11.8 Å². The Morgan fingerprint density at radius 1 is 1.21 bits per heavy atom. The zero-order valence-electron chi connectivity index (χ0n) is 17.0. The molecule has 1 unspecified atom stereocenters. The van der Waals surface area contributed by atoms with Crippen LogP contribution in [0.15, 0.2) is 0 Å². The topological polar surface area (TPSA) is 151 Å². The van der Waals surface area contributed by atoms with Crippen molar-refractivity contribution in [3.8, 4) is 0 Å². The molecule has 0 aromatic heterocycles. The Balaban J connectivity index is 2.27. The number of nitrogens with zero attached hydrogens (tertiary/aromatic N) is 1. The lowest BCUT2D eigenvalue weighted by Crippen LogP contribution is -2.49. The molecule has 1 rings (SSSR count). The van der Waals surface area contributed by atoms with E-state index in [0.29, 0.717) is 6.42 Å². The number of hydrogen-bond acceptors (Lipinski definition) is 7. The van der Waals surface area contributed by atoms with Gasteiger partial charge in [0.1, 0.15) is 6.04 Å². The number of likely N-dealkylation sites (tertiary alicyclic amines) is 1. The first-order valence-electron chi connectivity index (χ1n) is 9.69. The van der Waals surface area contributed by atoms with Gasteiger partial charge in [-0.1, -0.05) is 6.42 Å². The van der Waals surface area contributed by atoms with E-state index >= 15 is 0 Å². The lowest BCUT2D eigenvalue weighted by atomic mass is 10.1. The number of carbonyl (C=O) groups excluding carboxylic acids is 5. The van der Waals surface area contributed by atoms with E-state index in [1.165, 1.54) is 30.8 Å². The van der Waals surface area contributed by atoms with E-state index in [2.05, 4.69) is 16.0 Å². The lowest BCUT2D eigenvalue weighted by molar-refractivity contribution is -0.136. The number of nitrogens with two attached hydrogens (primary N) is 1. The summed E-state index contributed by atoms with van der Waals surface area (Å²) < 4.78 is 0. The van der Waals surface area contributed by atoms with Crippen LogP contribution < -0.4 is 21.7 Å². The van der Waals surface area contributed by atoms with Crippen LogP contribution in [-0.2, 0) is 24.0 Å². The van der Waals surface area contributed by atoms with Gasteiger partial charge in [-0.25, -0.2) is 0 Å². The van der Waals surface area contributed by atoms with Crippen molar-refractivity contribution in [2.75, 3.05) is 32.9 Å². The van der Waals surface area contributed by atoms with Gasteiger partial charge < -0.3 is 21.7 Å². The van der Waals surface area contributed by atoms with Gasteiger partial charge in [0.15, 0.2) is 0 Å². The van der Waals surface area contributed by atoms with Gasteiger partial charge in [-0.15, -0.1) is 11.8 Å². The van der Waals surface area contributed by atoms with Gasteiger partial charge >= 0.3 is 0 Å². The molecule has 29 heavy (non-hydrogen) atoms. The predicted octanol–water partition coefficient (Wildman–Crippen LogP) is -1.27. The van der Waals surface area contributed by atoms with E-state index < -0.39 is 11.9 Å². The molecule has 1 saturated heterocycles. The Morgan fingerprint density at radius 3 is 2.52 bits per heavy atom. The molecule has 5 amide bonds. The van der Waals surface area contributed by atoms with Crippen molar-refractivity contribution in [1.82, 2.24) is 20.9 Å². The largest absolute Gasteiger partial charge is 0.359 e. The monoisotopic (exact) mass is 429 g/mol. The smallest absolute Gasteiger partial charge is 0.243 e. The average molecular weight is 430 g/mol. The minimum Gasteiger partial charge on any atom is -0.359 e. The van der Waals surface area contributed by atoms with Crippen molar-refractivity contribution >= 4 is 41.3 Å². The van der Waals surface area contributed by atoms with Crippen molar-refractivity contribution in [3.63, 3.8) is 0 Å². The Morgan fingerprint density at radius 2 is 1.93 bits per heavy atom. The molecule has 0 spiro atoms. The van der Waals surface area contributed by atoms with Gasteiger partial charge in [0.2, 0.25) is 29.5 Å².